The van der Waals surface area contributed by atoms with Crippen molar-refractivity contribution < 1.29 is 0 Å². The van der Waals surface area contributed by atoms with Crippen LogP contribution in [0.4, 0.5) is 0 Å². The quantitative estimate of drug-likeness (QED) is 0.618. The summed E-state index contributed by atoms with van der Waals surface area (Å²) in [6, 6.07) is 5.39. The van der Waals surface area contributed by atoms with E-state index >= 15 is 0 Å². The summed E-state index contributed by atoms with van der Waals surface area (Å²) in [5, 5.41) is 1.29. The lowest BCUT2D eigenvalue weighted by molar-refractivity contribution is 1.41. The van der Waals surface area contributed by atoms with Crippen LogP contribution in [-0.4, -0.2) is 12.8 Å². The van der Waals surface area contributed by atoms with E-state index in [1.807, 2.05) is 13.0 Å². The normalized spacial score (nSPS) is 11.8. The molecule has 0 heterocycles. The average molecular weight is 202 g/mol. The maximum absolute atomic E-state index is 5.94. The fraction of sp³-hybridized carbons (Fsp3) is 0.222. The molecule has 0 saturated carbocycles. The van der Waals surface area contributed by atoms with Crippen LogP contribution < -0.4 is 0 Å². The van der Waals surface area contributed by atoms with Crippen molar-refractivity contribution in [3.05, 3.63) is 33.8 Å². The number of benzene rings is 1. The Balaban J connectivity index is 3.18. The molecule has 1 nitrogen and oxygen atoms in total. The Hall–Kier alpha value is -0.530. The zero-order chi connectivity index (χ0) is 9.14. The molecule has 1 rings (SSSR count). The van der Waals surface area contributed by atoms with Gasteiger partial charge in [0.1, 0.15) is 0 Å². The minimum atomic E-state index is 0.644. The van der Waals surface area contributed by atoms with E-state index < -0.39 is 0 Å². The van der Waals surface area contributed by atoms with Crippen molar-refractivity contribution in [2.75, 3.05) is 7.05 Å². The summed E-state index contributed by atoms with van der Waals surface area (Å²) < 4.78 is 0. The lowest BCUT2D eigenvalue weighted by Gasteiger charge is -2.02. The van der Waals surface area contributed by atoms with Crippen LogP contribution in [0.25, 0.3) is 0 Å². The van der Waals surface area contributed by atoms with Gasteiger partial charge in [-0.25, -0.2) is 0 Å². The SMILES string of the molecule is CN=C(C)c1ccc(Cl)cc1Cl. The largest absolute Gasteiger partial charge is 0.293 e. The Kier molecular flexibility index (Phi) is 3.12. The molecule has 0 atom stereocenters. The number of hydrogen-bond acceptors (Lipinski definition) is 1. The summed E-state index contributed by atoms with van der Waals surface area (Å²) >= 11 is 11.7. The third-order valence-corrected chi connectivity index (χ3v) is 2.20. The minimum Gasteiger partial charge on any atom is -0.293 e. The van der Waals surface area contributed by atoms with Gasteiger partial charge in [0.15, 0.2) is 0 Å². The topological polar surface area (TPSA) is 12.4 Å². The third-order valence-electron chi connectivity index (χ3n) is 1.66. The van der Waals surface area contributed by atoms with Gasteiger partial charge >= 0.3 is 0 Å². The molecule has 0 saturated heterocycles. The maximum Gasteiger partial charge on any atom is 0.0511 e. The molecule has 0 fully saturated rings. The van der Waals surface area contributed by atoms with Gasteiger partial charge in [-0.05, 0) is 19.1 Å². The third kappa shape index (κ3) is 1.99. The smallest absolute Gasteiger partial charge is 0.0511 e. The maximum atomic E-state index is 5.94. The second-order valence-electron chi connectivity index (χ2n) is 2.43. The molecule has 0 aromatic heterocycles. The predicted molar refractivity (Wildman–Crippen MR) is 54.6 cm³/mol. The molecule has 0 N–H and O–H groups in total. The fourth-order valence-electron chi connectivity index (χ4n) is 0.903. The van der Waals surface area contributed by atoms with Crippen LogP contribution in [0, 0.1) is 0 Å². The first-order chi connectivity index (χ1) is 5.65. The molecular formula is C9H9Cl2N. The summed E-state index contributed by atoms with van der Waals surface area (Å²) in [4.78, 5) is 4.04. The highest BCUT2D eigenvalue weighted by molar-refractivity contribution is 6.36. The van der Waals surface area contributed by atoms with Crippen molar-refractivity contribution >= 4 is 28.9 Å². The van der Waals surface area contributed by atoms with Crippen molar-refractivity contribution in [3.63, 3.8) is 0 Å². The number of halogens is 2. The highest BCUT2D eigenvalue weighted by Crippen LogP contribution is 2.21. The van der Waals surface area contributed by atoms with Crippen LogP contribution in [-0.2, 0) is 0 Å². The van der Waals surface area contributed by atoms with Gasteiger partial charge in [-0.15, -0.1) is 0 Å². The number of rotatable bonds is 1. The molecule has 1 aromatic rings. The molecule has 0 radical (unpaired) electrons. The van der Waals surface area contributed by atoms with Crippen molar-refractivity contribution in [1.29, 1.82) is 0 Å². The van der Waals surface area contributed by atoms with Gasteiger partial charge in [0.2, 0.25) is 0 Å². The van der Waals surface area contributed by atoms with Gasteiger partial charge in [0.25, 0.3) is 0 Å². The Bertz CT molecular complexity index is 318. The molecule has 0 aliphatic heterocycles. The lowest BCUT2D eigenvalue weighted by atomic mass is 10.1. The van der Waals surface area contributed by atoms with Crippen LogP contribution in [0.3, 0.4) is 0 Å². The molecule has 0 amide bonds. The van der Waals surface area contributed by atoms with Crippen molar-refractivity contribution in [3.8, 4) is 0 Å². The van der Waals surface area contributed by atoms with Gasteiger partial charge in [0.05, 0.1) is 5.02 Å². The molecule has 0 spiro atoms. The second kappa shape index (κ2) is 3.92. The Morgan fingerprint density at radius 3 is 2.50 bits per heavy atom. The van der Waals surface area contributed by atoms with Crippen LogP contribution in [0.5, 0.6) is 0 Å². The van der Waals surface area contributed by atoms with E-state index in [1.54, 1.807) is 19.2 Å². The molecule has 0 unspecified atom stereocenters. The molecule has 3 heteroatoms. The molecule has 64 valence electrons. The summed E-state index contributed by atoms with van der Waals surface area (Å²) in [7, 11) is 1.74. The summed E-state index contributed by atoms with van der Waals surface area (Å²) in [6.45, 7) is 1.91. The van der Waals surface area contributed by atoms with Crippen LogP contribution in [0.2, 0.25) is 10.0 Å². The molecule has 1 aromatic carbocycles. The van der Waals surface area contributed by atoms with Gasteiger partial charge in [-0.2, -0.15) is 0 Å². The van der Waals surface area contributed by atoms with E-state index in [0.29, 0.717) is 10.0 Å². The second-order valence-corrected chi connectivity index (χ2v) is 3.28. The minimum absolute atomic E-state index is 0.644. The molecule has 12 heavy (non-hydrogen) atoms. The number of aliphatic imine (C=N–C) groups is 1. The summed E-state index contributed by atoms with van der Waals surface area (Å²) in [5.74, 6) is 0. The first-order valence-electron chi connectivity index (χ1n) is 3.54. The van der Waals surface area contributed by atoms with Crippen molar-refractivity contribution in [2.45, 2.75) is 6.92 Å². The van der Waals surface area contributed by atoms with E-state index in [1.165, 1.54) is 0 Å². The molecule has 0 bridgehead atoms. The molecule has 0 aliphatic rings. The highest BCUT2D eigenvalue weighted by Gasteiger charge is 2.02. The van der Waals surface area contributed by atoms with Gasteiger partial charge in [0, 0.05) is 23.3 Å². The molecule has 0 aliphatic carbocycles. The van der Waals surface area contributed by atoms with Gasteiger partial charge < -0.3 is 0 Å². The van der Waals surface area contributed by atoms with Gasteiger partial charge in [-0.1, -0.05) is 29.3 Å². The first-order valence-corrected chi connectivity index (χ1v) is 4.29. The number of hydrogen-bond donors (Lipinski definition) is 0. The fourth-order valence-corrected chi connectivity index (χ4v) is 1.45. The molecular weight excluding hydrogens is 193 g/mol. The first kappa shape index (κ1) is 9.56. The van der Waals surface area contributed by atoms with E-state index in [2.05, 4.69) is 4.99 Å². The summed E-state index contributed by atoms with van der Waals surface area (Å²) in [5.41, 5.74) is 1.85. The van der Waals surface area contributed by atoms with Crippen molar-refractivity contribution in [2.24, 2.45) is 4.99 Å². The van der Waals surface area contributed by atoms with Crippen LogP contribution in [0.1, 0.15) is 12.5 Å². The highest BCUT2D eigenvalue weighted by atomic mass is 35.5. The standard InChI is InChI=1S/C9H9Cl2N/c1-6(12-2)8-4-3-7(10)5-9(8)11/h3-5H,1-2H3. The Labute approximate surface area is 82.0 Å². The average Bonchev–Trinajstić information content (AvgIpc) is 2.03. The van der Waals surface area contributed by atoms with E-state index in [4.69, 9.17) is 23.2 Å². The summed E-state index contributed by atoms with van der Waals surface area (Å²) in [6.07, 6.45) is 0. The van der Waals surface area contributed by atoms with Crippen LogP contribution in [0.15, 0.2) is 23.2 Å². The van der Waals surface area contributed by atoms with Crippen LogP contribution >= 0.6 is 23.2 Å². The Morgan fingerprint density at radius 1 is 1.33 bits per heavy atom. The zero-order valence-corrected chi connectivity index (χ0v) is 8.45. The zero-order valence-electron chi connectivity index (χ0n) is 6.94. The monoisotopic (exact) mass is 201 g/mol. The van der Waals surface area contributed by atoms with Gasteiger partial charge in [-0.3, -0.25) is 4.99 Å². The predicted octanol–water partition coefficient (Wildman–Crippen LogP) is 3.43. The number of nitrogens with zero attached hydrogens (tertiary/aromatic N) is 1. The van der Waals surface area contributed by atoms with Crippen molar-refractivity contribution in [1.82, 2.24) is 0 Å². The van der Waals surface area contributed by atoms with E-state index in [-0.39, 0.29) is 0 Å². The lowest BCUT2D eigenvalue weighted by Crippen LogP contribution is -1.94. The van der Waals surface area contributed by atoms with E-state index in [9.17, 15) is 0 Å². The Morgan fingerprint density at radius 2 is 2.00 bits per heavy atom. The van der Waals surface area contributed by atoms with E-state index in [0.717, 1.165) is 11.3 Å².